The number of carbonyl (C=O) groups is 3. The van der Waals surface area contributed by atoms with Gasteiger partial charge in [-0.05, 0) is 36.0 Å². The normalized spacial score (nSPS) is 15.0. The van der Waals surface area contributed by atoms with Crippen LogP contribution < -0.4 is 14.8 Å². The number of methoxy groups -OCH3 is 1. The van der Waals surface area contributed by atoms with Crippen LogP contribution in [0.25, 0.3) is 12.2 Å². The highest BCUT2D eigenvalue weighted by Gasteiger charge is 2.34. The van der Waals surface area contributed by atoms with Gasteiger partial charge in [0.15, 0.2) is 11.5 Å². The van der Waals surface area contributed by atoms with Crippen LogP contribution in [0, 0.1) is 5.82 Å². The predicted octanol–water partition coefficient (Wildman–Crippen LogP) is 4.30. The fraction of sp³-hybridized carbons (Fsp3) is 0.174. The Hall–Kier alpha value is -3.73. The fourth-order valence-electron chi connectivity index (χ4n) is 2.98. The molecule has 0 bridgehead atoms. The van der Waals surface area contributed by atoms with Crippen molar-refractivity contribution in [2.45, 2.75) is 6.61 Å². The van der Waals surface area contributed by atoms with Gasteiger partial charge in [-0.3, -0.25) is 19.3 Å². The number of imide groups is 1. The van der Waals surface area contributed by atoms with Gasteiger partial charge in [0.1, 0.15) is 5.82 Å². The van der Waals surface area contributed by atoms with E-state index in [-0.39, 0.29) is 40.6 Å². The molecule has 0 aliphatic carbocycles. The van der Waals surface area contributed by atoms with Gasteiger partial charge >= 0.3 is 6.61 Å². The molecule has 0 atom stereocenters. The Morgan fingerprint density at radius 3 is 2.59 bits per heavy atom. The smallest absolute Gasteiger partial charge is 0.387 e. The van der Waals surface area contributed by atoms with Crippen LogP contribution >= 0.6 is 11.8 Å². The van der Waals surface area contributed by atoms with Gasteiger partial charge in [-0.15, -0.1) is 0 Å². The van der Waals surface area contributed by atoms with Gasteiger partial charge in [0, 0.05) is 30.3 Å². The Bertz CT molecular complexity index is 1150. The Kier molecular flexibility index (Phi) is 8.36. The van der Waals surface area contributed by atoms with Gasteiger partial charge in [0.25, 0.3) is 11.1 Å². The van der Waals surface area contributed by atoms with E-state index in [0.29, 0.717) is 11.8 Å². The number of carbonyl (C=O) groups excluding carboxylic acids is 3. The van der Waals surface area contributed by atoms with Crippen LogP contribution in [0.2, 0.25) is 0 Å². The second-order valence-corrected chi connectivity index (χ2v) is 7.73. The average Bonchev–Trinajstić information content (AvgIpc) is 3.06. The second kappa shape index (κ2) is 11.4. The highest BCUT2D eigenvalue weighted by atomic mass is 32.2. The number of halogens is 3. The van der Waals surface area contributed by atoms with Crippen molar-refractivity contribution in [2.75, 3.05) is 20.2 Å². The van der Waals surface area contributed by atoms with Crippen LogP contribution in [-0.4, -0.2) is 48.8 Å². The lowest BCUT2D eigenvalue weighted by Crippen LogP contribution is -2.36. The molecule has 3 amide bonds. The van der Waals surface area contributed by atoms with Gasteiger partial charge in [0.05, 0.1) is 12.0 Å². The van der Waals surface area contributed by atoms with Crippen molar-refractivity contribution in [1.29, 1.82) is 0 Å². The number of hydrogen-bond acceptors (Lipinski definition) is 6. The van der Waals surface area contributed by atoms with E-state index in [4.69, 9.17) is 4.74 Å². The maximum absolute atomic E-state index is 13.8. The Labute approximate surface area is 197 Å². The summed E-state index contributed by atoms with van der Waals surface area (Å²) in [5.74, 6) is -1.84. The lowest BCUT2D eigenvalue weighted by molar-refractivity contribution is -0.123. The lowest BCUT2D eigenvalue weighted by atomic mass is 10.1. The third-order valence-corrected chi connectivity index (χ3v) is 5.46. The average molecular weight is 492 g/mol. The van der Waals surface area contributed by atoms with Crippen molar-refractivity contribution in [2.24, 2.45) is 0 Å². The summed E-state index contributed by atoms with van der Waals surface area (Å²) in [5, 5.41) is 1.96. The molecule has 34 heavy (non-hydrogen) atoms. The summed E-state index contributed by atoms with van der Waals surface area (Å²) in [5.41, 5.74) is 0.373. The molecule has 0 unspecified atom stereocenters. The van der Waals surface area contributed by atoms with Crippen LogP contribution in [0.3, 0.4) is 0 Å². The standard InChI is InChI=1S/C23H19F3N2O5S/c1-32-17-8-4-6-14(20(17)33-22(25)26)9-10-19(29)27-11-12-28-21(30)18(34-23(28)31)13-15-5-2-3-7-16(15)24/h2-10,13,22H,11-12H2,1H3,(H,27,29)/b10-9+,18-13-. The van der Waals surface area contributed by atoms with Crippen molar-refractivity contribution in [3.63, 3.8) is 0 Å². The first-order valence-electron chi connectivity index (χ1n) is 9.87. The lowest BCUT2D eigenvalue weighted by Gasteiger charge is -2.13. The summed E-state index contributed by atoms with van der Waals surface area (Å²) in [6, 6.07) is 10.3. The zero-order valence-electron chi connectivity index (χ0n) is 17.8. The van der Waals surface area contributed by atoms with Gasteiger partial charge in [0.2, 0.25) is 5.91 Å². The monoisotopic (exact) mass is 492 g/mol. The number of benzene rings is 2. The van der Waals surface area contributed by atoms with Gasteiger partial charge in [-0.2, -0.15) is 8.78 Å². The van der Waals surface area contributed by atoms with Crippen molar-refractivity contribution in [3.05, 3.63) is 70.4 Å². The second-order valence-electron chi connectivity index (χ2n) is 6.74. The maximum Gasteiger partial charge on any atom is 0.387 e. The van der Waals surface area contributed by atoms with Crippen LogP contribution in [0.15, 0.2) is 53.4 Å². The number of thioether (sulfide) groups is 1. The molecule has 1 saturated heterocycles. The molecule has 0 aromatic heterocycles. The van der Waals surface area contributed by atoms with E-state index in [0.717, 1.165) is 11.0 Å². The Morgan fingerprint density at radius 1 is 1.15 bits per heavy atom. The third-order valence-electron chi connectivity index (χ3n) is 4.55. The molecule has 0 radical (unpaired) electrons. The minimum atomic E-state index is -3.08. The SMILES string of the molecule is COc1cccc(/C=C/C(=O)NCCN2C(=O)S/C(=C\c3ccccc3F)C2=O)c1OC(F)F. The number of alkyl halides is 2. The minimum absolute atomic E-state index is 0.0489. The largest absolute Gasteiger partial charge is 0.493 e. The van der Waals surface area contributed by atoms with E-state index in [2.05, 4.69) is 10.1 Å². The first kappa shape index (κ1) is 24.9. The van der Waals surface area contributed by atoms with E-state index < -0.39 is 29.5 Å². The fourth-order valence-corrected chi connectivity index (χ4v) is 3.84. The predicted molar refractivity (Wildman–Crippen MR) is 121 cm³/mol. The van der Waals surface area contributed by atoms with E-state index in [9.17, 15) is 27.6 Å². The van der Waals surface area contributed by atoms with E-state index in [1.54, 1.807) is 12.1 Å². The molecule has 1 fully saturated rings. The van der Waals surface area contributed by atoms with E-state index in [1.165, 1.54) is 49.6 Å². The summed E-state index contributed by atoms with van der Waals surface area (Å²) in [7, 11) is 1.30. The summed E-state index contributed by atoms with van der Waals surface area (Å²) >= 11 is 0.680. The number of amides is 3. The van der Waals surface area contributed by atoms with Gasteiger partial charge in [-0.1, -0.05) is 30.3 Å². The molecule has 0 saturated carbocycles. The number of para-hydroxylation sites is 1. The quantitative estimate of drug-likeness (QED) is 0.526. The molecular weight excluding hydrogens is 473 g/mol. The van der Waals surface area contributed by atoms with Crippen LogP contribution in [0.1, 0.15) is 11.1 Å². The van der Waals surface area contributed by atoms with Gasteiger partial charge < -0.3 is 14.8 Å². The highest BCUT2D eigenvalue weighted by molar-refractivity contribution is 8.18. The third kappa shape index (κ3) is 6.19. The van der Waals surface area contributed by atoms with E-state index >= 15 is 0 Å². The van der Waals surface area contributed by atoms with Crippen molar-refractivity contribution in [3.8, 4) is 11.5 Å². The molecule has 1 aliphatic rings. The molecule has 1 heterocycles. The van der Waals surface area contributed by atoms with Crippen LogP contribution in [0.5, 0.6) is 11.5 Å². The number of nitrogens with one attached hydrogen (secondary N) is 1. The zero-order chi connectivity index (χ0) is 24.7. The van der Waals surface area contributed by atoms with Crippen molar-refractivity contribution >= 4 is 41.0 Å². The summed E-state index contributed by atoms with van der Waals surface area (Å²) in [6.07, 6.45) is 3.67. The molecule has 2 aromatic rings. The van der Waals surface area contributed by atoms with Crippen LogP contribution in [0.4, 0.5) is 18.0 Å². The maximum atomic E-state index is 13.8. The molecule has 7 nitrogen and oxygen atoms in total. The molecule has 11 heteroatoms. The first-order chi connectivity index (χ1) is 16.3. The molecular formula is C23H19F3N2O5S. The highest BCUT2D eigenvalue weighted by Crippen LogP contribution is 2.34. The summed E-state index contributed by atoms with van der Waals surface area (Å²) < 4.78 is 48.7. The summed E-state index contributed by atoms with van der Waals surface area (Å²) in [6.45, 7) is -3.23. The number of hydrogen-bond donors (Lipinski definition) is 1. The molecule has 0 spiro atoms. The Balaban J connectivity index is 1.58. The number of ether oxygens (including phenoxy) is 2. The van der Waals surface area contributed by atoms with Crippen molar-refractivity contribution in [1.82, 2.24) is 10.2 Å². The zero-order valence-corrected chi connectivity index (χ0v) is 18.6. The molecule has 3 rings (SSSR count). The topological polar surface area (TPSA) is 84.9 Å². The molecule has 178 valence electrons. The molecule has 2 aromatic carbocycles. The number of nitrogens with zero attached hydrogens (tertiary/aromatic N) is 1. The van der Waals surface area contributed by atoms with Crippen LogP contribution in [-0.2, 0) is 9.59 Å². The Morgan fingerprint density at radius 2 is 1.88 bits per heavy atom. The van der Waals surface area contributed by atoms with Crippen molar-refractivity contribution < 1.29 is 37.0 Å². The van der Waals surface area contributed by atoms with Gasteiger partial charge in [-0.25, -0.2) is 4.39 Å². The van der Waals surface area contributed by atoms with E-state index in [1.807, 2.05) is 0 Å². The first-order valence-corrected chi connectivity index (χ1v) is 10.7. The number of rotatable bonds is 9. The molecule has 1 N–H and O–H groups in total. The minimum Gasteiger partial charge on any atom is -0.493 e. The summed E-state index contributed by atoms with van der Waals surface area (Å²) in [4.78, 5) is 37.8. The molecule has 1 aliphatic heterocycles.